The van der Waals surface area contributed by atoms with Crippen LogP contribution in [0.4, 0.5) is 5.13 Å². The van der Waals surface area contributed by atoms with Crippen LogP contribution in [0.1, 0.15) is 39.0 Å². The number of carbonyl (C=O) groups excluding carboxylic acids is 1. The molecule has 134 valence electrons. The van der Waals surface area contributed by atoms with Crippen LogP contribution >= 0.6 is 11.3 Å². The fraction of sp³-hybridized carbons (Fsp3) is 0.474. The average molecular weight is 360 g/mol. The van der Waals surface area contributed by atoms with Gasteiger partial charge < -0.3 is 9.47 Å². The van der Waals surface area contributed by atoms with Gasteiger partial charge >= 0.3 is 0 Å². The Balaban J connectivity index is 1.63. The van der Waals surface area contributed by atoms with Crippen LogP contribution in [0, 0.1) is 0 Å². The fourth-order valence-electron chi connectivity index (χ4n) is 3.15. The molecule has 0 spiro atoms. The number of thiazole rings is 1. The van der Waals surface area contributed by atoms with Gasteiger partial charge in [-0.1, -0.05) is 19.3 Å². The Bertz CT molecular complexity index is 652. The first-order chi connectivity index (χ1) is 12.3. The van der Waals surface area contributed by atoms with E-state index in [4.69, 9.17) is 9.47 Å². The highest BCUT2D eigenvalue weighted by Crippen LogP contribution is 2.29. The Morgan fingerprint density at radius 3 is 2.44 bits per heavy atom. The molecule has 1 heterocycles. The van der Waals surface area contributed by atoms with Crippen LogP contribution in [-0.4, -0.2) is 30.1 Å². The van der Waals surface area contributed by atoms with Crippen LogP contribution in [0.25, 0.3) is 0 Å². The molecular formula is C19H24N2O3S. The van der Waals surface area contributed by atoms with Gasteiger partial charge in [-0.05, 0) is 44.0 Å². The molecule has 1 amide bonds. The zero-order valence-electron chi connectivity index (χ0n) is 14.5. The minimum Gasteiger partial charge on any atom is -0.494 e. The lowest BCUT2D eigenvalue weighted by Gasteiger charge is -2.32. The van der Waals surface area contributed by atoms with Crippen molar-refractivity contribution in [1.82, 2.24) is 4.98 Å². The van der Waals surface area contributed by atoms with Crippen LogP contribution < -0.4 is 14.4 Å². The van der Waals surface area contributed by atoms with Crippen molar-refractivity contribution in [2.45, 2.75) is 45.1 Å². The third-order valence-corrected chi connectivity index (χ3v) is 5.10. The fourth-order valence-corrected chi connectivity index (χ4v) is 3.88. The Morgan fingerprint density at radius 2 is 1.84 bits per heavy atom. The monoisotopic (exact) mass is 360 g/mol. The quantitative estimate of drug-likeness (QED) is 0.739. The van der Waals surface area contributed by atoms with E-state index in [-0.39, 0.29) is 18.6 Å². The number of hydrogen-bond donors (Lipinski definition) is 0. The maximum Gasteiger partial charge on any atom is 0.266 e. The number of anilines is 1. The number of amides is 1. The number of rotatable bonds is 7. The van der Waals surface area contributed by atoms with Gasteiger partial charge in [0.25, 0.3) is 5.91 Å². The molecule has 0 radical (unpaired) electrons. The lowest BCUT2D eigenvalue weighted by Crippen LogP contribution is -2.44. The van der Waals surface area contributed by atoms with Crippen LogP contribution in [0.2, 0.25) is 0 Å². The second-order valence-electron chi connectivity index (χ2n) is 6.06. The summed E-state index contributed by atoms with van der Waals surface area (Å²) in [4.78, 5) is 19.0. The third kappa shape index (κ3) is 4.72. The van der Waals surface area contributed by atoms with Gasteiger partial charge in [0.1, 0.15) is 11.5 Å². The van der Waals surface area contributed by atoms with Crippen LogP contribution in [-0.2, 0) is 4.79 Å². The molecule has 0 atom stereocenters. The van der Waals surface area contributed by atoms with E-state index in [1.54, 1.807) is 6.20 Å². The van der Waals surface area contributed by atoms with Gasteiger partial charge in [-0.2, -0.15) is 0 Å². The highest BCUT2D eigenvalue weighted by atomic mass is 32.1. The summed E-state index contributed by atoms with van der Waals surface area (Å²) in [6.07, 6.45) is 7.40. The van der Waals surface area contributed by atoms with Gasteiger partial charge in [0.2, 0.25) is 0 Å². The van der Waals surface area contributed by atoms with Gasteiger partial charge in [-0.3, -0.25) is 9.69 Å². The number of aromatic nitrogens is 1. The summed E-state index contributed by atoms with van der Waals surface area (Å²) in [5, 5.41) is 2.68. The second kappa shape index (κ2) is 8.85. The van der Waals surface area contributed by atoms with Crippen molar-refractivity contribution in [3.05, 3.63) is 35.8 Å². The normalized spacial score (nSPS) is 14.9. The summed E-state index contributed by atoms with van der Waals surface area (Å²) in [5.74, 6) is 1.43. The van der Waals surface area contributed by atoms with Crippen molar-refractivity contribution >= 4 is 22.4 Å². The molecule has 1 fully saturated rings. The summed E-state index contributed by atoms with van der Waals surface area (Å²) in [7, 11) is 0. The minimum absolute atomic E-state index is 0.0179. The number of ether oxygens (including phenoxy) is 2. The molecule has 3 rings (SSSR count). The molecule has 0 saturated heterocycles. The van der Waals surface area contributed by atoms with E-state index >= 15 is 0 Å². The maximum atomic E-state index is 12.8. The average Bonchev–Trinajstić information content (AvgIpc) is 3.17. The van der Waals surface area contributed by atoms with Crippen LogP contribution in [0.3, 0.4) is 0 Å². The van der Waals surface area contributed by atoms with E-state index in [2.05, 4.69) is 4.98 Å². The van der Waals surface area contributed by atoms with Crippen molar-refractivity contribution in [2.24, 2.45) is 0 Å². The predicted molar refractivity (Wildman–Crippen MR) is 99.6 cm³/mol. The molecule has 0 bridgehead atoms. The third-order valence-electron chi connectivity index (χ3n) is 4.33. The number of nitrogens with zero attached hydrogens (tertiary/aromatic N) is 2. The molecule has 0 aliphatic heterocycles. The molecule has 1 aliphatic carbocycles. The highest BCUT2D eigenvalue weighted by Gasteiger charge is 2.28. The first-order valence-electron chi connectivity index (χ1n) is 8.85. The van der Waals surface area contributed by atoms with Crippen molar-refractivity contribution in [2.75, 3.05) is 18.1 Å². The molecule has 25 heavy (non-hydrogen) atoms. The number of carbonyl (C=O) groups is 1. The van der Waals surface area contributed by atoms with Gasteiger partial charge in [0.15, 0.2) is 11.7 Å². The van der Waals surface area contributed by atoms with Crippen LogP contribution in [0.15, 0.2) is 35.8 Å². The van der Waals surface area contributed by atoms with Gasteiger partial charge in [-0.15, -0.1) is 11.3 Å². The molecule has 1 aromatic heterocycles. The van der Waals surface area contributed by atoms with Gasteiger partial charge in [0.05, 0.1) is 6.61 Å². The Kier molecular flexibility index (Phi) is 6.28. The first-order valence-corrected chi connectivity index (χ1v) is 9.73. The van der Waals surface area contributed by atoms with E-state index in [0.717, 1.165) is 23.7 Å². The lowest BCUT2D eigenvalue weighted by atomic mass is 9.94. The second-order valence-corrected chi connectivity index (χ2v) is 6.94. The van der Waals surface area contributed by atoms with Gasteiger partial charge in [0, 0.05) is 17.6 Å². The van der Waals surface area contributed by atoms with E-state index in [1.165, 1.54) is 30.6 Å². The molecule has 0 N–H and O–H groups in total. The minimum atomic E-state index is -0.0317. The standard InChI is InChI=1S/C19H24N2O3S/c1-2-23-16-8-10-17(11-9-16)24-14-18(22)21(19-20-12-13-25-19)15-6-4-3-5-7-15/h8-13,15H,2-7,14H2,1H3. The van der Waals surface area contributed by atoms with Gasteiger partial charge in [-0.25, -0.2) is 4.98 Å². The summed E-state index contributed by atoms with van der Waals surface area (Å²) in [5.41, 5.74) is 0. The largest absolute Gasteiger partial charge is 0.494 e. The zero-order chi connectivity index (χ0) is 17.5. The molecule has 1 saturated carbocycles. The first kappa shape index (κ1) is 17.7. The number of benzene rings is 1. The number of hydrogen-bond acceptors (Lipinski definition) is 5. The molecule has 1 aliphatic rings. The summed E-state index contributed by atoms with van der Waals surface area (Å²) in [6.45, 7) is 2.59. The van der Waals surface area contributed by atoms with Crippen molar-refractivity contribution in [1.29, 1.82) is 0 Å². The van der Waals surface area contributed by atoms with Crippen molar-refractivity contribution in [3.8, 4) is 11.5 Å². The Labute approximate surface area is 152 Å². The molecule has 2 aromatic rings. The summed E-state index contributed by atoms with van der Waals surface area (Å²) in [6, 6.07) is 7.59. The van der Waals surface area contributed by atoms with E-state index in [0.29, 0.717) is 12.4 Å². The molecule has 1 aromatic carbocycles. The van der Waals surface area contributed by atoms with E-state index < -0.39 is 0 Å². The van der Waals surface area contributed by atoms with E-state index in [1.807, 2.05) is 41.5 Å². The summed E-state index contributed by atoms with van der Waals surface area (Å²) >= 11 is 1.50. The SMILES string of the molecule is CCOc1ccc(OCC(=O)N(c2nccs2)C2CCCCC2)cc1. The molecule has 5 nitrogen and oxygen atoms in total. The summed E-state index contributed by atoms with van der Waals surface area (Å²) < 4.78 is 11.1. The topological polar surface area (TPSA) is 51.7 Å². The molecule has 0 unspecified atom stereocenters. The van der Waals surface area contributed by atoms with Crippen molar-refractivity contribution < 1.29 is 14.3 Å². The van der Waals surface area contributed by atoms with Crippen molar-refractivity contribution in [3.63, 3.8) is 0 Å². The van der Waals surface area contributed by atoms with Crippen LogP contribution in [0.5, 0.6) is 11.5 Å². The Morgan fingerprint density at radius 1 is 1.16 bits per heavy atom. The lowest BCUT2D eigenvalue weighted by molar-refractivity contribution is -0.121. The molecule has 6 heteroatoms. The maximum absolute atomic E-state index is 12.8. The smallest absolute Gasteiger partial charge is 0.266 e. The Hall–Kier alpha value is -2.08. The van der Waals surface area contributed by atoms with E-state index in [9.17, 15) is 4.79 Å². The zero-order valence-corrected chi connectivity index (χ0v) is 15.3. The predicted octanol–water partition coefficient (Wildman–Crippen LogP) is 4.29. The molecular weight excluding hydrogens is 336 g/mol. The highest BCUT2D eigenvalue weighted by molar-refractivity contribution is 7.13.